The van der Waals surface area contributed by atoms with Crippen LogP contribution < -0.4 is 14.2 Å². The quantitative estimate of drug-likeness (QED) is 0.600. The summed E-state index contributed by atoms with van der Waals surface area (Å²) < 4.78 is 17.4. The van der Waals surface area contributed by atoms with Gasteiger partial charge in [-0.15, -0.1) is 0 Å². The summed E-state index contributed by atoms with van der Waals surface area (Å²) >= 11 is 0. The Kier molecular flexibility index (Phi) is 5.05. The van der Waals surface area contributed by atoms with Crippen molar-refractivity contribution in [1.29, 1.82) is 0 Å². The van der Waals surface area contributed by atoms with E-state index in [4.69, 9.17) is 14.2 Å². The van der Waals surface area contributed by atoms with Gasteiger partial charge in [0.2, 0.25) is 0 Å². The number of fused-ring (bicyclic) bond motifs is 1. The van der Waals surface area contributed by atoms with Crippen molar-refractivity contribution in [2.24, 2.45) is 0 Å². The first-order valence-electron chi connectivity index (χ1n) is 10.6. The fraction of sp³-hybridized carbons (Fsp3) is 0.231. The summed E-state index contributed by atoms with van der Waals surface area (Å²) in [6.07, 6.45) is 0.851. The second kappa shape index (κ2) is 8.04. The number of carbonyl (C=O) groups excluding carboxylic acids is 2. The van der Waals surface area contributed by atoms with Gasteiger partial charge in [0, 0.05) is 18.5 Å². The van der Waals surface area contributed by atoms with Gasteiger partial charge in [-0.05, 0) is 48.5 Å². The highest BCUT2D eigenvalue weighted by Crippen LogP contribution is 2.40. The van der Waals surface area contributed by atoms with E-state index in [1.54, 1.807) is 42.3 Å². The van der Waals surface area contributed by atoms with Crippen LogP contribution in [0.15, 0.2) is 72.8 Å². The molecule has 5 rings (SSSR count). The lowest BCUT2D eigenvalue weighted by Crippen LogP contribution is -2.45. The zero-order valence-electron chi connectivity index (χ0n) is 17.7. The summed E-state index contributed by atoms with van der Waals surface area (Å²) in [6, 6.07) is 21.8. The second-order valence-corrected chi connectivity index (χ2v) is 8.17. The number of rotatable bonds is 4. The van der Waals surface area contributed by atoms with E-state index in [1.165, 1.54) is 0 Å². The SMILES string of the molecule is COc1ccc2c(c1)C(=O)CC1(CCN(C(=O)c3cccc(Oc4ccccc4)c3)C1)O2. The molecule has 2 heterocycles. The number of para-hydroxylation sites is 1. The van der Waals surface area contributed by atoms with Crippen LogP contribution in [0.1, 0.15) is 33.6 Å². The van der Waals surface area contributed by atoms with Gasteiger partial charge in [0.15, 0.2) is 5.78 Å². The summed E-state index contributed by atoms with van der Waals surface area (Å²) in [6.45, 7) is 0.897. The van der Waals surface area contributed by atoms with E-state index in [1.807, 2.05) is 42.5 Å². The third-order valence-corrected chi connectivity index (χ3v) is 5.96. The molecule has 0 bridgehead atoms. The minimum Gasteiger partial charge on any atom is -0.497 e. The number of amides is 1. The van der Waals surface area contributed by atoms with Gasteiger partial charge in [0.25, 0.3) is 5.91 Å². The van der Waals surface area contributed by atoms with Crippen LogP contribution in [-0.4, -0.2) is 42.4 Å². The predicted molar refractivity (Wildman–Crippen MR) is 119 cm³/mol. The molecule has 1 saturated heterocycles. The number of ketones is 1. The Hall–Kier alpha value is -3.80. The average molecular weight is 429 g/mol. The summed E-state index contributed by atoms with van der Waals surface area (Å²) in [5.41, 5.74) is 0.389. The number of methoxy groups -OCH3 is 1. The van der Waals surface area contributed by atoms with Gasteiger partial charge in [0.1, 0.15) is 28.6 Å². The molecular weight excluding hydrogens is 406 g/mol. The van der Waals surface area contributed by atoms with Crippen molar-refractivity contribution in [2.45, 2.75) is 18.4 Å². The van der Waals surface area contributed by atoms with Crippen LogP contribution in [0.4, 0.5) is 0 Å². The maximum atomic E-state index is 13.2. The molecule has 1 spiro atoms. The van der Waals surface area contributed by atoms with Crippen LogP contribution in [0.2, 0.25) is 0 Å². The fourth-order valence-corrected chi connectivity index (χ4v) is 4.35. The molecule has 0 radical (unpaired) electrons. The molecule has 2 aliphatic rings. The lowest BCUT2D eigenvalue weighted by atomic mass is 9.89. The molecule has 3 aromatic rings. The molecule has 1 unspecified atom stereocenters. The molecule has 6 nitrogen and oxygen atoms in total. The third kappa shape index (κ3) is 3.80. The third-order valence-electron chi connectivity index (χ3n) is 5.96. The van der Waals surface area contributed by atoms with Crippen molar-refractivity contribution in [3.8, 4) is 23.0 Å². The largest absolute Gasteiger partial charge is 0.497 e. The number of hydrogen-bond acceptors (Lipinski definition) is 5. The van der Waals surface area contributed by atoms with Crippen LogP contribution in [0.5, 0.6) is 23.0 Å². The highest BCUT2D eigenvalue weighted by molar-refractivity contribution is 6.01. The lowest BCUT2D eigenvalue weighted by molar-refractivity contribution is 0.0427. The van der Waals surface area contributed by atoms with E-state index in [0.29, 0.717) is 53.6 Å². The molecule has 0 aromatic heterocycles. The van der Waals surface area contributed by atoms with Gasteiger partial charge in [-0.3, -0.25) is 9.59 Å². The first-order chi connectivity index (χ1) is 15.5. The van der Waals surface area contributed by atoms with Crippen molar-refractivity contribution in [1.82, 2.24) is 4.90 Å². The first-order valence-corrected chi connectivity index (χ1v) is 10.6. The van der Waals surface area contributed by atoms with E-state index in [2.05, 4.69) is 0 Å². The molecule has 1 fully saturated rings. The number of carbonyl (C=O) groups is 2. The van der Waals surface area contributed by atoms with Crippen LogP contribution in [-0.2, 0) is 0 Å². The Morgan fingerprint density at radius 2 is 1.78 bits per heavy atom. The van der Waals surface area contributed by atoms with Crippen LogP contribution in [0, 0.1) is 0 Å². The minimum absolute atomic E-state index is 0.0118. The average Bonchev–Trinajstić information content (AvgIpc) is 3.22. The van der Waals surface area contributed by atoms with Crippen molar-refractivity contribution in [3.63, 3.8) is 0 Å². The van der Waals surface area contributed by atoms with E-state index in [0.717, 1.165) is 0 Å². The zero-order chi connectivity index (χ0) is 22.1. The van der Waals surface area contributed by atoms with Crippen molar-refractivity contribution < 1.29 is 23.8 Å². The Morgan fingerprint density at radius 3 is 2.59 bits per heavy atom. The monoisotopic (exact) mass is 429 g/mol. The number of Topliss-reactive ketones (excluding diaryl/α,β-unsaturated/α-hetero) is 1. The van der Waals surface area contributed by atoms with Crippen molar-refractivity contribution >= 4 is 11.7 Å². The molecule has 162 valence electrons. The van der Waals surface area contributed by atoms with E-state index < -0.39 is 5.60 Å². The first kappa shape index (κ1) is 20.1. The zero-order valence-corrected chi connectivity index (χ0v) is 17.7. The van der Waals surface area contributed by atoms with Gasteiger partial charge < -0.3 is 19.1 Å². The molecule has 32 heavy (non-hydrogen) atoms. The van der Waals surface area contributed by atoms with Crippen LogP contribution in [0.3, 0.4) is 0 Å². The molecular formula is C26H23NO5. The Balaban J connectivity index is 1.32. The van der Waals surface area contributed by atoms with Gasteiger partial charge in [-0.1, -0.05) is 24.3 Å². The standard InChI is InChI=1S/C26H23NO5/c1-30-20-10-11-24-22(15-20)23(28)16-26(32-24)12-13-27(17-26)25(29)18-6-5-9-21(14-18)31-19-7-3-2-4-8-19/h2-11,14-15H,12-13,16-17H2,1H3. The Bertz CT molecular complexity index is 1180. The topological polar surface area (TPSA) is 65.1 Å². The molecule has 1 amide bonds. The fourth-order valence-electron chi connectivity index (χ4n) is 4.35. The maximum absolute atomic E-state index is 13.2. The van der Waals surface area contributed by atoms with Gasteiger partial charge >= 0.3 is 0 Å². The molecule has 2 aliphatic heterocycles. The minimum atomic E-state index is -0.688. The van der Waals surface area contributed by atoms with Crippen LogP contribution >= 0.6 is 0 Å². The summed E-state index contributed by atoms with van der Waals surface area (Å²) in [5, 5.41) is 0. The Labute approximate surface area is 186 Å². The number of hydrogen-bond donors (Lipinski definition) is 0. The number of likely N-dealkylation sites (tertiary alicyclic amines) is 1. The lowest BCUT2D eigenvalue weighted by Gasteiger charge is -2.34. The van der Waals surface area contributed by atoms with Crippen molar-refractivity contribution in [3.05, 3.63) is 83.9 Å². The smallest absolute Gasteiger partial charge is 0.254 e. The highest BCUT2D eigenvalue weighted by atomic mass is 16.5. The van der Waals surface area contributed by atoms with E-state index >= 15 is 0 Å². The van der Waals surface area contributed by atoms with E-state index in [9.17, 15) is 9.59 Å². The Morgan fingerprint density at radius 1 is 0.969 bits per heavy atom. The summed E-state index contributed by atoms with van der Waals surface area (Å²) in [7, 11) is 1.57. The molecule has 0 aliphatic carbocycles. The normalized spacial score (nSPS) is 19.4. The van der Waals surface area contributed by atoms with E-state index in [-0.39, 0.29) is 18.1 Å². The predicted octanol–water partition coefficient (Wildman–Crippen LogP) is 4.74. The highest BCUT2D eigenvalue weighted by Gasteiger charge is 2.47. The number of ether oxygens (including phenoxy) is 3. The summed E-state index contributed by atoms with van der Waals surface area (Å²) in [4.78, 5) is 27.8. The van der Waals surface area contributed by atoms with Crippen molar-refractivity contribution in [2.75, 3.05) is 20.2 Å². The molecule has 0 N–H and O–H groups in total. The van der Waals surface area contributed by atoms with Gasteiger partial charge in [-0.2, -0.15) is 0 Å². The maximum Gasteiger partial charge on any atom is 0.254 e. The van der Waals surface area contributed by atoms with Gasteiger partial charge in [0.05, 0.1) is 25.6 Å². The van der Waals surface area contributed by atoms with Gasteiger partial charge in [-0.25, -0.2) is 0 Å². The molecule has 0 saturated carbocycles. The molecule has 1 atom stereocenters. The number of nitrogens with zero attached hydrogens (tertiary/aromatic N) is 1. The molecule has 3 aromatic carbocycles. The molecule has 6 heteroatoms. The number of benzene rings is 3. The summed E-state index contributed by atoms with van der Waals surface area (Å²) in [5.74, 6) is 2.39. The van der Waals surface area contributed by atoms with Crippen LogP contribution in [0.25, 0.3) is 0 Å². The second-order valence-electron chi connectivity index (χ2n) is 8.17.